The molecule has 3 aliphatic heterocycles. The summed E-state index contributed by atoms with van der Waals surface area (Å²) in [6.45, 7) is 0.760. The smallest absolute Gasteiger partial charge is 0.477 e. The number of alkyl halides is 3. The highest BCUT2D eigenvalue weighted by Gasteiger charge is 2.51. The maximum Gasteiger partial charge on any atom is 0.490 e. The summed E-state index contributed by atoms with van der Waals surface area (Å²) < 4.78 is 31.7. The number of nitro groups is 1. The van der Waals surface area contributed by atoms with Gasteiger partial charge < -0.3 is 20.8 Å². The molecule has 0 saturated carbocycles. The Bertz CT molecular complexity index is 1220. The van der Waals surface area contributed by atoms with Gasteiger partial charge in [0.2, 0.25) is 11.8 Å². The van der Waals surface area contributed by atoms with Crippen molar-refractivity contribution in [2.24, 2.45) is 5.73 Å². The number of allylic oxidation sites excluding steroid dienone is 1. The summed E-state index contributed by atoms with van der Waals surface area (Å²) in [6.07, 6.45) is -3.06. The Morgan fingerprint density at radius 1 is 1.22 bits per heavy atom. The fourth-order valence-electron chi connectivity index (χ4n) is 3.76. The lowest BCUT2D eigenvalue weighted by atomic mass is 10.0. The van der Waals surface area contributed by atoms with Crippen LogP contribution in [-0.2, 0) is 25.7 Å². The number of halogens is 3. The van der Waals surface area contributed by atoms with Gasteiger partial charge in [-0.05, 0) is 23.6 Å². The van der Waals surface area contributed by atoms with E-state index >= 15 is 0 Å². The maximum atomic E-state index is 12.8. The molecule has 1 aromatic carbocycles. The van der Waals surface area contributed by atoms with E-state index in [0.717, 1.165) is 5.56 Å². The summed E-state index contributed by atoms with van der Waals surface area (Å²) in [5, 5.41) is 27.1. The number of likely N-dealkylation sites (tertiary alicyclic amines) is 1. The number of fused-ring (bicyclic) bond motifs is 1. The molecule has 2 amide bonds. The average molecular weight is 544 g/mol. The van der Waals surface area contributed by atoms with E-state index < -0.39 is 35.0 Å². The highest BCUT2D eigenvalue weighted by atomic mass is 32.2. The van der Waals surface area contributed by atoms with Gasteiger partial charge in [-0.15, -0.1) is 11.8 Å². The number of carboxylic acids is 2. The summed E-state index contributed by atoms with van der Waals surface area (Å²) >= 11 is 1.38. The number of aliphatic carboxylic acids is 2. The Kier molecular flexibility index (Phi) is 7.92. The van der Waals surface area contributed by atoms with E-state index in [9.17, 15) is 42.8 Å². The molecule has 2 fully saturated rings. The molecule has 0 radical (unpaired) electrons. The number of nitrogens with zero attached hydrogens (tertiary/aromatic N) is 3. The molecule has 0 aromatic heterocycles. The third-order valence-electron chi connectivity index (χ3n) is 5.57. The molecule has 4 N–H and O–H groups in total. The lowest BCUT2D eigenvalue weighted by Crippen LogP contribution is -2.68. The van der Waals surface area contributed by atoms with E-state index in [2.05, 4.69) is 0 Å². The van der Waals surface area contributed by atoms with Crippen LogP contribution in [-0.4, -0.2) is 78.6 Å². The van der Waals surface area contributed by atoms with Crippen LogP contribution in [0.5, 0.6) is 0 Å². The third kappa shape index (κ3) is 5.91. The summed E-state index contributed by atoms with van der Waals surface area (Å²) in [7, 11) is 0. The number of carboxylic acid groups (broad SMARTS) is 2. The summed E-state index contributed by atoms with van der Waals surface area (Å²) in [5.74, 6) is -4.28. The molecular formula is C21H19F3N4O8S. The molecule has 0 bridgehead atoms. The number of rotatable bonds is 5. The number of hydrogen-bond acceptors (Lipinski definition) is 8. The van der Waals surface area contributed by atoms with Crippen LogP contribution in [0.1, 0.15) is 12.0 Å². The number of thioether (sulfide) groups is 1. The number of carbonyl (C=O) groups excluding carboxylic acids is 2. The van der Waals surface area contributed by atoms with Crippen LogP contribution >= 0.6 is 11.8 Å². The van der Waals surface area contributed by atoms with Gasteiger partial charge in [0.15, 0.2) is 0 Å². The van der Waals surface area contributed by atoms with Gasteiger partial charge in [-0.2, -0.15) is 13.2 Å². The number of amides is 2. The molecule has 16 heteroatoms. The fraction of sp³-hybridized carbons (Fsp3) is 0.333. The van der Waals surface area contributed by atoms with E-state index in [1.54, 1.807) is 23.1 Å². The first-order valence-electron chi connectivity index (χ1n) is 10.4. The number of nitro benzene ring substituents is 1. The third-order valence-corrected chi connectivity index (χ3v) is 6.89. The minimum Gasteiger partial charge on any atom is -0.477 e. The summed E-state index contributed by atoms with van der Waals surface area (Å²) in [5.41, 5.74) is 7.27. The first-order chi connectivity index (χ1) is 17.2. The van der Waals surface area contributed by atoms with Crippen molar-refractivity contribution in [3.63, 3.8) is 0 Å². The molecule has 0 aliphatic carbocycles. The van der Waals surface area contributed by atoms with Crippen LogP contribution in [0.2, 0.25) is 0 Å². The van der Waals surface area contributed by atoms with E-state index in [0.29, 0.717) is 36.4 Å². The van der Waals surface area contributed by atoms with Gasteiger partial charge in [0, 0.05) is 36.5 Å². The minimum atomic E-state index is -5.08. The van der Waals surface area contributed by atoms with Gasteiger partial charge in [0.05, 0.1) is 4.92 Å². The van der Waals surface area contributed by atoms with Crippen LogP contribution in [0.15, 0.2) is 47.2 Å². The maximum absolute atomic E-state index is 12.8. The molecule has 1 aromatic rings. The Morgan fingerprint density at radius 3 is 2.32 bits per heavy atom. The molecule has 0 unspecified atom stereocenters. The van der Waals surface area contributed by atoms with E-state index in [-0.39, 0.29) is 22.7 Å². The van der Waals surface area contributed by atoms with Crippen molar-refractivity contribution in [1.29, 1.82) is 0 Å². The summed E-state index contributed by atoms with van der Waals surface area (Å²) in [4.78, 5) is 58.6. The molecule has 198 valence electrons. The predicted octanol–water partition coefficient (Wildman–Crippen LogP) is 1.47. The zero-order chi connectivity index (χ0) is 27.7. The number of carbonyl (C=O) groups is 4. The van der Waals surface area contributed by atoms with Crippen molar-refractivity contribution < 1.29 is 47.5 Å². The van der Waals surface area contributed by atoms with Gasteiger partial charge in [-0.1, -0.05) is 12.1 Å². The summed E-state index contributed by atoms with van der Waals surface area (Å²) in [6, 6.07) is 5.29. The first-order valence-corrected chi connectivity index (χ1v) is 11.5. The fourth-order valence-corrected chi connectivity index (χ4v) is 5.01. The molecule has 3 aliphatic rings. The standard InChI is InChI=1S/C19H18N4O6S.C2HF3O2/c20-14-17(25)22-15(19(26)27)12(9-30-18(14)22)7-11-5-6-21(16(11)24)8-10-1-3-13(4-2-10)23(28)29;3-2(4,5)1(6)7/h1-4,7,14,18H,5-6,8-9,20H2,(H,26,27);(H,6,7)/t14-,18-;/m1./s1. The first kappa shape index (κ1) is 27.7. The molecule has 4 rings (SSSR count). The van der Waals surface area contributed by atoms with Crippen molar-refractivity contribution in [2.75, 3.05) is 12.3 Å². The second kappa shape index (κ2) is 10.6. The van der Waals surface area contributed by atoms with Crippen molar-refractivity contribution in [2.45, 2.75) is 30.6 Å². The van der Waals surface area contributed by atoms with Crippen LogP contribution < -0.4 is 5.73 Å². The van der Waals surface area contributed by atoms with Crippen molar-refractivity contribution in [3.05, 3.63) is 62.9 Å². The van der Waals surface area contributed by atoms with E-state index in [1.165, 1.54) is 28.8 Å². The van der Waals surface area contributed by atoms with Gasteiger partial charge >= 0.3 is 18.1 Å². The van der Waals surface area contributed by atoms with Gasteiger partial charge in [-0.3, -0.25) is 24.6 Å². The molecule has 3 heterocycles. The molecule has 37 heavy (non-hydrogen) atoms. The normalized spacial score (nSPS) is 22.3. The van der Waals surface area contributed by atoms with Crippen LogP contribution in [0.25, 0.3) is 0 Å². The molecule has 0 spiro atoms. The van der Waals surface area contributed by atoms with Crippen LogP contribution in [0, 0.1) is 10.1 Å². The molecule has 12 nitrogen and oxygen atoms in total. The second-order valence-corrected chi connectivity index (χ2v) is 9.09. The topological polar surface area (TPSA) is 184 Å². The monoisotopic (exact) mass is 544 g/mol. The number of nitrogens with two attached hydrogens (primary N) is 1. The Morgan fingerprint density at radius 2 is 1.81 bits per heavy atom. The van der Waals surface area contributed by atoms with Crippen molar-refractivity contribution in [3.8, 4) is 0 Å². The zero-order valence-corrected chi connectivity index (χ0v) is 19.5. The van der Waals surface area contributed by atoms with Crippen molar-refractivity contribution >= 4 is 41.2 Å². The van der Waals surface area contributed by atoms with E-state index in [1.807, 2.05) is 0 Å². The minimum absolute atomic E-state index is 0.0198. The highest BCUT2D eigenvalue weighted by molar-refractivity contribution is 8.00. The quantitative estimate of drug-likeness (QED) is 0.212. The number of hydrogen-bond donors (Lipinski definition) is 3. The van der Waals surface area contributed by atoms with Gasteiger partial charge in [0.1, 0.15) is 17.1 Å². The van der Waals surface area contributed by atoms with Gasteiger partial charge in [-0.25, -0.2) is 9.59 Å². The number of β-lactam (4-membered cyclic amide) rings is 1. The largest absolute Gasteiger partial charge is 0.490 e. The predicted molar refractivity (Wildman–Crippen MR) is 121 cm³/mol. The molecule has 2 saturated heterocycles. The average Bonchev–Trinajstić information content (AvgIpc) is 3.16. The molecule has 2 atom stereocenters. The molecular weight excluding hydrogens is 525 g/mol. The van der Waals surface area contributed by atoms with Crippen molar-refractivity contribution in [1.82, 2.24) is 9.80 Å². The van der Waals surface area contributed by atoms with E-state index in [4.69, 9.17) is 15.6 Å². The number of non-ortho nitro benzene ring substituents is 1. The Balaban J connectivity index is 0.000000479. The van der Waals surface area contributed by atoms with Crippen LogP contribution in [0.3, 0.4) is 0 Å². The number of benzene rings is 1. The SMILES string of the molecule is N[C@@H]1C(=O)N2C(C(=O)O)=C(C=C3CCN(Cc4ccc([N+](=O)[O-])cc4)C3=O)CS[C@H]12.O=C(O)C(F)(F)F. The second-order valence-electron chi connectivity index (χ2n) is 7.99. The highest BCUT2D eigenvalue weighted by Crippen LogP contribution is 2.40. The lowest BCUT2D eigenvalue weighted by molar-refractivity contribution is -0.384. The Hall–Kier alpha value is -3.92. The lowest BCUT2D eigenvalue weighted by Gasteiger charge is -2.47. The van der Waals surface area contributed by atoms with Gasteiger partial charge in [0.25, 0.3) is 5.69 Å². The zero-order valence-electron chi connectivity index (χ0n) is 18.7. The van der Waals surface area contributed by atoms with Crippen LogP contribution in [0.4, 0.5) is 18.9 Å². The Labute approximate surface area is 210 Å².